The predicted octanol–water partition coefficient (Wildman–Crippen LogP) is 6.27. The summed E-state index contributed by atoms with van der Waals surface area (Å²) in [5, 5.41) is 9.13. The maximum Gasteiger partial charge on any atom is 0.310 e. The van der Waals surface area contributed by atoms with Gasteiger partial charge < -0.3 is 14.7 Å². The van der Waals surface area contributed by atoms with Gasteiger partial charge in [0.1, 0.15) is 5.75 Å². The molecule has 1 aliphatic carbocycles. The first kappa shape index (κ1) is 27.8. The summed E-state index contributed by atoms with van der Waals surface area (Å²) in [7, 11) is 0. The molecule has 2 aromatic carbocycles. The molecule has 1 unspecified atom stereocenters. The Labute approximate surface area is 236 Å². The number of carboxylic acid groups (broad SMARTS) is 1. The van der Waals surface area contributed by atoms with E-state index in [0.29, 0.717) is 31.3 Å². The molecule has 5 rings (SSSR count). The minimum atomic E-state index is -0.816. The van der Waals surface area contributed by atoms with Gasteiger partial charge in [-0.05, 0) is 54.9 Å². The molecular formula is C33H39N3O4. The van der Waals surface area contributed by atoms with Gasteiger partial charge in [0.2, 0.25) is 5.91 Å². The molecule has 1 saturated heterocycles. The molecule has 1 saturated carbocycles. The third kappa shape index (κ3) is 7.06. The molecule has 7 nitrogen and oxygen atoms in total. The van der Waals surface area contributed by atoms with Crippen molar-refractivity contribution in [3.8, 4) is 28.3 Å². The summed E-state index contributed by atoms with van der Waals surface area (Å²) in [5.74, 6) is 0.749. The molecule has 1 aromatic heterocycles. The van der Waals surface area contributed by atoms with Crippen LogP contribution in [0.4, 0.5) is 0 Å². The van der Waals surface area contributed by atoms with Crippen LogP contribution in [0.1, 0.15) is 57.4 Å². The number of ether oxygens (including phenoxy) is 1. The van der Waals surface area contributed by atoms with Crippen molar-refractivity contribution < 1.29 is 19.4 Å². The third-order valence-corrected chi connectivity index (χ3v) is 8.07. The summed E-state index contributed by atoms with van der Waals surface area (Å²) >= 11 is 0. The highest BCUT2D eigenvalue weighted by atomic mass is 16.5. The lowest BCUT2D eigenvalue weighted by Crippen LogP contribution is -2.55. The van der Waals surface area contributed by atoms with Gasteiger partial charge in [0.15, 0.2) is 5.82 Å². The Kier molecular flexibility index (Phi) is 9.09. The van der Waals surface area contributed by atoms with Crippen molar-refractivity contribution in [1.82, 2.24) is 14.9 Å². The number of benzene rings is 2. The van der Waals surface area contributed by atoms with E-state index >= 15 is 0 Å². The second kappa shape index (κ2) is 13.1. The number of carboxylic acids is 1. The van der Waals surface area contributed by atoms with E-state index in [4.69, 9.17) is 9.84 Å². The lowest BCUT2D eigenvalue weighted by atomic mass is 9.90. The second-order valence-electron chi connectivity index (χ2n) is 11.2. The summed E-state index contributed by atoms with van der Waals surface area (Å²) in [4.78, 5) is 35.1. The Balaban J connectivity index is 1.14. The van der Waals surface area contributed by atoms with Crippen LogP contribution >= 0.6 is 0 Å². The fraction of sp³-hybridized carbons (Fsp3) is 0.455. The van der Waals surface area contributed by atoms with E-state index in [9.17, 15) is 9.59 Å². The molecular weight excluding hydrogens is 502 g/mol. The van der Waals surface area contributed by atoms with Crippen molar-refractivity contribution in [2.24, 2.45) is 17.8 Å². The maximum absolute atomic E-state index is 13.0. The average Bonchev–Trinajstić information content (AvgIpc) is 3.79. The molecule has 1 amide bonds. The molecule has 2 aliphatic rings. The van der Waals surface area contributed by atoms with E-state index in [1.165, 1.54) is 25.7 Å². The Hall–Kier alpha value is -3.74. The third-order valence-electron chi connectivity index (χ3n) is 8.07. The lowest BCUT2D eigenvalue weighted by Gasteiger charge is -2.39. The predicted molar refractivity (Wildman–Crippen MR) is 155 cm³/mol. The Morgan fingerprint density at radius 2 is 1.55 bits per heavy atom. The fourth-order valence-corrected chi connectivity index (χ4v) is 5.31. The molecule has 1 atom stereocenters. The van der Waals surface area contributed by atoms with Gasteiger partial charge in [0, 0.05) is 42.5 Å². The zero-order valence-corrected chi connectivity index (χ0v) is 23.3. The molecule has 210 valence electrons. The minimum absolute atomic E-state index is 0.0706. The highest BCUT2D eigenvalue weighted by Crippen LogP contribution is 2.40. The average molecular weight is 542 g/mol. The van der Waals surface area contributed by atoms with Crippen LogP contribution in [0.15, 0.2) is 60.9 Å². The molecule has 7 heteroatoms. The molecule has 2 heterocycles. The molecule has 1 N–H and O–H groups in total. The summed E-state index contributed by atoms with van der Waals surface area (Å²) in [6.07, 6.45) is 12.6. The van der Waals surface area contributed by atoms with E-state index in [0.717, 1.165) is 53.9 Å². The van der Waals surface area contributed by atoms with Crippen molar-refractivity contribution >= 4 is 11.9 Å². The summed E-state index contributed by atoms with van der Waals surface area (Å²) in [6, 6.07) is 16.2. The van der Waals surface area contributed by atoms with E-state index in [1.807, 2.05) is 60.9 Å². The van der Waals surface area contributed by atoms with Crippen molar-refractivity contribution in [3.05, 3.63) is 66.5 Å². The van der Waals surface area contributed by atoms with Gasteiger partial charge in [-0.25, -0.2) is 9.97 Å². The van der Waals surface area contributed by atoms with Crippen molar-refractivity contribution in [2.45, 2.75) is 58.3 Å². The van der Waals surface area contributed by atoms with E-state index < -0.39 is 11.9 Å². The van der Waals surface area contributed by atoms with Crippen LogP contribution in [0.3, 0.4) is 0 Å². The topological polar surface area (TPSA) is 92.6 Å². The number of rotatable bonds is 14. The maximum atomic E-state index is 13.0. The van der Waals surface area contributed by atoms with Crippen LogP contribution in [0.2, 0.25) is 0 Å². The zero-order chi connectivity index (χ0) is 27.9. The molecule has 0 spiro atoms. The van der Waals surface area contributed by atoms with Crippen molar-refractivity contribution in [3.63, 3.8) is 0 Å². The molecule has 40 heavy (non-hydrogen) atoms. The number of hydrogen-bond donors (Lipinski definition) is 1. The van der Waals surface area contributed by atoms with Crippen LogP contribution in [0, 0.1) is 17.8 Å². The number of carbonyl (C=O) groups is 2. The Bertz CT molecular complexity index is 1260. The monoisotopic (exact) mass is 541 g/mol. The number of amides is 1. The van der Waals surface area contributed by atoms with Gasteiger partial charge in [0.25, 0.3) is 0 Å². The smallest absolute Gasteiger partial charge is 0.310 e. The second-order valence-corrected chi connectivity index (χ2v) is 11.2. The number of aromatic nitrogens is 2. The van der Waals surface area contributed by atoms with E-state index in [2.05, 4.69) is 16.9 Å². The number of nitrogens with zero attached hydrogens (tertiary/aromatic N) is 3. The van der Waals surface area contributed by atoms with Gasteiger partial charge >= 0.3 is 5.97 Å². The van der Waals surface area contributed by atoms with Crippen molar-refractivity contribution in [2.75, 3.05) is 19.7 Å². The van der Waals surface area contributed by atoms with Gasteiger partial charge in [-0.15, -0.1) is 0 Å². The van der Waals surface area contributed by atoms with Crippen LogP contribution in [0.5, 0.6) is 5.75 Å². The molecule has 2 fully saturated rings. The Morgan fingerprint density at radius 1 is 0.900 bits per heavy atom. The molecule has 1 aliphatic heterocycles. The summed E-state index contributed by atoms with van der Waals surface area (Å²) < 4.78 is 5.88. The molecule has 0 radical (unpaired) electrons. The standard InChI is InChI=1S/C33H39N3O4/c1-2-3-4-5-6-17-40-29-15-13-24(14-16-29)27-19-34-31(35-20-27)26-9-7-23(8-10-26)18-30(25-11-12-25)32(37)36-21-28(22-36)33(38)39/h7-10,13-16,19-20,25,28,30H,2-6,11-12,17-18,21-22H2,1H3,(H,38,39). The highest BCUT2D eigenvalue weighted by molar-refractivity contribution is 5.83. The van der Waals surface area contributed by atoms with Gasteiger partial charge in [-0.3, -0.25) is 9.59 Å². The number of unbranched alkanes of at least 4 members (excludes halogenated alkanes) is 4. The quantitative estimate of drug-likeness (QED) is 0.242. The zero-order valence-electron chi connectivity index (χ0n) is 23.3. The molecule has 3 aromatic rings. The number of likely N-dealkylation sites (tertiary alicyclic amines) is 1. The first-order valence-corrected chi connectivity index (χ1v) is 14.7. The van der Waals surface area contributed by atoms with Gasteiger partial charge in [-0.1, -0.05) is 69.0 Å². The molecule has 0 bridgehead atoms. The first-order valence-electron chi connectivity index (χ1n) is 14.7. The van der Waals surface area contributed by atoms with Crippen LogP contribution in [-0.2, 0) is 16.0 Å². The number of hydrogen-bond acceptors (Lipinski definition) is 5. The Morgan fingerprint density at radius 3 is 2.17 bits per heavy atom. The number of carbonyl (C=O) groups excluding carboxylic acids is 1. The first-order chi connectivity index (χ1) is 19.5. The number of aliphatic carboxylic acids is 1. The normalized spacial score (nSPS) is 15.9. The summed E-state index contributed by atoms with van der Waals surface area (Å²) in [6.45, 7) is 3.65. The fourth-order valence-electron chi connectivity index (χ4n) is 5.31. The van der Waals surface area contributed by atoms with E-state index in [-0.39, 0.29) is 11.8 Å². The van der Waals surface area contributed by atoms with Gasteiger partial charge in [0.05, 0.1) is 12.5 Å². The van der Waals surface area contributed by atoms with Crippen LogP contribution in [0.25, 0.3) is 22.5 Å². The van der Waals surface area contributed by atoms with Crippen molar-refractivity contribution in [1.29, 1.82) is 0 Å². The largest absolute Gasteiger partial charge is 0.494 e. The minimum Gasteiger partial charge on any atom is -0.494 e. The van der Waals surface area contributed by atoms with Crippen LogP contribution < -0.4 is 4.74 Å². The lowest BCUT2D eigenvalue weighted by molar-refractivity contribution is -0.154. The SMILES string of the molecule is CCCCCCCOc1ccc(-c2cnc(-c3ccc(CC(C(=O)N4CC(C(=O)O)C4)C4CC4)cc3)nc2)cc1. The van der Waals surface area contributed by atoms with Gasteiger partial charge in [-0.2, -0.15) is 0 Å². The highest BCUT2D eigenvalue weighted by Gasteiger charge is 2.43. The summed E-state index contributed by atoms with van der Waals surface area (Å²) in [5.41, 5.74) is 4.03. The van der Waals surface area contributed by atoms with Crippen LogP contribution in [-0.4, -0.2) is 51.5 Å². The van der Waals surface area contributed by atoms with E-state index in [1.54, 1.807) is 4.90 Å².